The van der Waals surface area contributed by atoms with Crippen LogP contribution in [-0.4, -0.2) is 44.1 Å². The Labute approximate surface area is 205 Å². The Morgan fingerprint density at radius 2 is 1.82 bits per heavy atom. The maximum absolute atomic E-state index is 8.36. The highest BCUT2D eigenvalue weighted by Gasteiger charge is 2.41. The number of imidazole rings is 1. The Balaban J connectivity index is 0.000000709. The average Bonchev–Trinajstić information content (AvgIpc) is 3.43. The molecule has 2 unspecified atom stereocenters. The summed E-state index contributed by atoms with van der Waals surface area (Å²) in [6.07, 6.45) is 7.15. The first-order valence-corrected chi connectivity index (χ1v) is 11.8. The number of aromatic nitrogens is 2. The van der Waals surface area contributed by atoms with Crippen LogP contribution in [0.1, 0.15) is 12.0 Å². The predicted octanol–water partition coefficient (Wildman–Crippen LogP) is 5.38. The van der Waals surface area contributed by atoms with Gasteiger partial charge in [-0.2, -0.15) is 0 Å². The highest BCUT2D eigenvalue weighted by molar-refractivity contribution is 7.99. The van der Waals surface area contributed by atoms with Gasteiger partial charge >= 0.3 is 0 Å². The number of rotatable bonds is 8. The molecule has 2 atom stereocenters. The molecule has 2 aromatic carbocycles. The molecule has 1 aliphatic rings. The zero-order valence-corrected chi connectivity index (χ0v) is 19.9. The topological polar surface area (TPSA) is 99.7 Å². The second kappa shape index (κ2) is 12.2. The van der Waals surface area contributed by atoms with E-state index in [0.717, 1.165) is 28.6 Å². The van der Waals surface area contributed by atoms with Crippen LogP contribution in [0.15, 0.2) is 72.1 Å². The van der Waals surface area contributed by atoms with E-state index < -0.39 is 10.9 Å². The average molecular weight is 512 g/mol. The van der Waals surface area contributed by atoms with Crippen molar-refractivity contribution >= 4 is 35.0 Å². The number of halogens is 2. The van der Waals surface area contributed by atoms with Crippen molar-refractivity contribution in [2.75, 3.05) is 12.4 Å². The first-order valence-electron chi connectivity index (χ1n) is 10.1. The van der Waals surface area contributed by atoms with Gasteiger partial charge in [0.05, 0.1) is 25.6 Å². The molecule has 11 heteroatoms. The van der Waals surface area contributed by atoms with Gasteiger partial charge in [0.15, 0.2) is 5.79 Å². The molecule has 0 aliphatic carbocycles. The molecule has 1 N–H and O–H groups in total. The zero-order chi connectivity index (χ0) is 23.7. The van der Waals surface area contributed by atoms with Crippen LogP contribution >= 0.6 is 35.0 Å². The fourth-order valence-corrected chi connectivity index (χ4v) is 4.48. The molecular formula is C22H23Cl2N3O5S. The second-order valence-electron chi connectivity index (χ2n) is 7.33. The number of aryl methyl sites for hydroxylation is 1. The lowest BCUT2D eigenvalue weighted by atomic mass is 10.0. The van der Waals surface area contributed by atoms with Crippen LogP contribution in [0.3, 0.4) is 0 Å². The van der Waals surface area contributed by atoms with E-state index in [1.54, 1.807) is 24.3 Å². The standard InChI is InChI=1S/C22H22Cl2N2O2S.HNO3/c23-18-3-1-17(2-4-18)9-10-22(15-26-12-11-25-16-26)27-13-20(28-22)14-29-21-7-5-19(24)6-8-21;2-1(3)4/h1-8,11-12,16,20H,9-10,13-15H2;(H,2,3,4). The van der Waals surface area contributed by atoms with E-state index in [1.165, 1.54) is 10.5 Å². The summed E-state index contributed by atoms with van der Waals surface area (Å²) in [6.45, 7) is 1.19. The third kappa shape index (κ3) is 8.53. The first-order chi connectivity index (χ1) is 15.8. The molecule has 1 aliphatic heterocycles. The van der Waals surface area contributed by atoms with E-state index in [4.69, 9.17) is 48.0 Å². The first kappa shape index (κ1) is 25.3. The van der Waals surface area contributed by atoms with Crippen LogP contribution in [0.4, 0.5) is 0 Å². The van der Waals surface area contributed by atoms with Gasteiger partial charge in [-0.05, 0) is 48.4 Å². The van der Waals surface area contributed by atoms with Crippen LogP contribution in [0.2, 0.25) is 10.0 Å². The van der Waals surface area contributed by atoms with Gasteiger partial charge in [-0.3, -0.25) is 0 Å². The van der Waals surface area contributed by atoms with Gasteiger partial charge in [0, 0.05) is 39.5 Å². The Morgan fingerprint density at radius 3 is 2.42 bits per heavy atom. The van der Waals surface area contributed by atoms with Crippen molar-refractivity contribution in [3.8, 4) is 0 Å². The van der Waals surface area contributed by atoms with Gasteiger partial charge < -0.3 is 19.2 Å². The molecule has 1 saturated heterocycles. The molecule has 0 radical (unpaired) electrons. The van der Waals surface area contributed by atoms with E-state index in [0.29, 0.717) is 13.2 Å². The minimum Gasteiger partial charge on any atom is -0.345 e. The summed E-state index contributed by atoms with van der Waals surface area (Å²) in [6, 6.07) is 15.8. The molecule has 0 bridgehead atoms. The lowest BCUT2D eigenvalue weighted by molar-refractivity contribution is -0.742. The van der Waals surface area contributed by atoms with Gasteiger partial charge in [0.1, 0.15) is 0 Å². The number of nitrogens with zero attached hydrogens (tertiary/aromatic N) is 3. The predicted molar refractivity (Wildman–Crippen MR) is 127 cm³/mol. The monoisotopic (exact) mass is 511 g/mol. The normalized spacial score (nSPS) is 19.6. The van der Waals surface area contributed by atoms with E-state index in [1.807, 2.05) is 47.2 Å². The fourth-order valence-electron chi connectivity index (χ4n) is 3.36. The van der Waals surface area contributed by atoms with Crippen LogP contribution in [0.25, 0.3) is 0 Å². The van der Waals surface area contributed by atoms with Crippen molar-refractivity contribution in [2.45, 2.75) is 36.2 Å². The molecule has 176 valence electrons. The molecule has 33 heavy (non-hydrogen) atoms. The van der Waals surface area contributed by atoms with Crippen LogP contribution in [0.5, 0.6) is 0 Å². The van der Waals surface area contributed by atoms with E-state index in [9.17, 15) is 0 Å². The van der Waals surface area contributed by atoms with Gasteiger partial charge in [0.25, 0.3) is 5.09 Å². The minimum absolute atomic E-state index is 0.0319. The van der Waals surface area contributed by atoms with Gasteiger partial charge in [-0.25, -0.2) is 4.98 Å². The third-order valence-electron chi connectivity index (χ3n) is 4.85. The summed E-state index contributed by atoms with van der Waals surface area (Å²) in [7, 11) is 0. The van der Waals surface area contributed by atoms with Crippen LogP contribution < -0.4 is 0 Å². The summed E-state index contributed by atoms with van der Waals surface area (Å²) in [4.78, 5) is 13.7. The van der Waals surface area contributed by atoms with E-state index in [-0.39, 0.29) is 6.10 Å². The Hall–Kier alpha value is -2.30. The lowest BCUT2D eigenvalue weighted by Gasteiger charge is -2.28. The van der Waals surface area contributed by atoms with Crippen molar-refractivity contribution in [3.05, 3.63) is 93.0 Å². The molecule has 1 fully saturated rings. The smallest absolute Gasteiger partial charge is 0.291 e. The lowest BCUT2D eigenvalue weighted by Crippen LogP contribution is -2.37. The summed E-state index contributed by atoms with van der Waals surface area (Å²) in [5.74, 6) is 0.166. The van der Waals surface area contributed by atoms with Crippen molar-refractivity contribution in [1.82, 2.24) is 9.55 Å². The number of hydrogen-bond donors (Lipinski definition) is 1. The minimum atomic E-state index is -1.50. The largest absolute Gasteiger partial charge is 0.345 e. The fraction of sp³-hybridized carbons (Fsp3) is 0.318. The van der Waals surface area contributed by atoms with E-state index in [2.05, 4.69) is 17.1 Å². The molecule has 1 aromatic heterocycles. The molecule has 4 rings (SSSR count). The number of hydrogen-bond acceptors (Lipinski definition) is 6. The van der Waals surface area contributed by atoms with Crippen molar-refractivity contribution in [3.63, 3.8) is 0 Å². The highest BCUT2D eigenvalue weighted by atomic mass is 35.5. The van der Waals surface area contributed by atoms with E-state index >= 15 is 0 Å². The van der Waals surface area contributed by atoms with Crippen molar-refractivity contribution < 1.29 is 19.8 Å². The zero-order valence-electron chi connectivity index (χ0n) is 17.5. The summed E-state index contributed by atoms with van der Waals surface area (Å²) >= 11 is 13.7. The summed E-state index contributed by atoms with van der Waals surface area (Å²) in [5.41, 5.74) is 1.21. The SMILES string of the molecule is Clc1ccc(CCC2(Cn3ccnc3)OCC(CSc3ccc(Cl)cc3)O2)cc1.O=[N+]([O-])O. The Bertz CT molecular complexity index is 1000. The number of ether oxygens (including phenoxy) is 2. The third-order valence-corrected chi connectivity index (χ3v) is 6.50. The Kier molecular flexibility index (Phi) is 9.40. The maximum atomic E-state index is 8.36. The number of thioether (sulfide) groups is 1. The molecule has 0 saturated carbocycles. The summed E-state index contributed by atoms with van der Waals surface area (Å²) in [5, 5.41) is 15.1. The summed E-state index contributed by atoms with van der Waals surface area (Å²) < 4.78 is 14.7. The molecule has 3 aromatic rings. The quantitative estimate of drug-likeness (QED) is 0.246. The van der Waals surface area contributed by atoms with Crippen LogP contribution in [0, 0.1) is 10.1 Å². The van der Waals surface area contributed by atoms with Gasteiger partial charge in [0.2, 0.25) is 0 Å². The van der Waals surface area contributed by atoms with Gasteiger partial charge in [-0.15, -0.1) is 21.9 Å². The maximum Gasteiger partial charge on any atom is 0.291 e. The second-order valence-corrected chi connectivity index (χ2v) is 9.29. The van der Waals surface area contributed by atoms with Crippen molar-refractivity contribution in [1.29, 1.82) is 0 Å². The van der Waals surface area contributed by atoms with Crippen LogP contribution in [-0.2, 0) is 22.4 Å². The van der Waals surface area contributed by atoms with Crippen molar-refractivity contribution in [2.24, 2.45) is 0 Å². The molecule has 0 spiro atoms. The molecular weight excluding hydrogens is 489 g/mol. The highest BCUT2D eigenvalue weighted by Crippen LogP contribution is 2.33. The molecule has 2 heterocycles. The van der Waals surface area contributed by atoms with Gasteiger partial charge in [-0.1, -0.05) is 35.3 Å². The number of benzene rings is 2. The molecule has 8 nitrogen and oxygen atoms in total. The Morgan fingerprint density at radius 1 is 1.18 bits per heavy atom. The molecule has 0 amide bonds.